The third-order valence-electron chi connectivity index (χ3n) is 7.58. The van der Waals surface area contributed by atoms with Gasteiger partial charge in [0.1, 0.15) is 5.82 Å². The molecule has 1 amide bonds. The molecule has 9 nitrogen and oxygen atoms in total. The predicted molar refractivity (Wildman–Crippen MR) is 174 cm³/mol. The van der Waals surface area contributed by atoms with Crippen LogP contribution in [0.15, 0.2) is 85.3 Å². The number of nitrogens with one attached hydrogen (secondary N) is 2. The van der Waals surface area contributed by atoms with Gasteiger partial charge in [0, 0.05) is 25.0 Å². The molecule has 1 heterocycles. The second kappa shape index (κ2) is 15.7. The minimum absolute atomic E-state index is 0.0548. The number of thiocarbonyl (C=S) groups is 1. The van der Waals surface area contributed by atoms with E-state index in [1.54, 1.807) is 48.9 Å². The van der Waals surface area contributed by atoms with Gasteiger partial charge in [0.05, 0.1) is 35.1 Å². The summed E-state index contributed by atoms with van der Waals surface area (Å²) in [7, 11) is 0. The van der Waals surface area contributed by atoms with E-state index >= 15 is 0 Å². The SMILES string of the molecule is CC[C@H](C)CCNN(C(=O)C(Cc1ccc(C(=O)O)cc1)c1cncn1Cc1ccc(C#N)cc1)C(=S)Nc1cccc(F)c1. The van der Waals surface area contributed by atoms with Crippen molar-refractivity contribution in [1.29, 1.82) is 5.26 Å². The second-order valence-corrected chi connectivity index (χ2v) is 11.2. The number of nitrogens with zero attached hydrogens (tertiary/aromatic N) is 4. The second-order valence-electron chi connectivity index (χ2n) is 10.8. The summed E-state index contributed by atoms with van der Waals surface area (Å²) < 4.78 is 15.8. The largest absolute Gasteiger partial charge is 0.478 e. The van der Waals surface area contributed by atoms with Crippen LogP contribution >= 0.6 is 12.2 Å². The molecular weight excluding hydrogens is 591 g/mol. The van der Waals surface area contributed by atoms with Gasteiger partial charge in [-0.2, -0.15) is 5.26 Å². The Morgan fingerprint density at radius 1 is 1.11 bits per heavy atom. The Bertz CT molecular complexity index is 1670. The van der Waals surface area contributed by atoms with Crippen LogP contribution in [0.3, 0.4) is 0 Å². The van der Waals surface area contributed by atoms with Crippen molar-refractivity contribution in [3.05, 3.63) is 119 Å². The lowest BCUT2D eigenvalue weighted by Gasteiger charge is -2.29. The maximum Gasteiger partial charge on any atom is 0.335 e. The highest BCUT2D eigenvalue weighted by Gasteiger charge is 2.31. The first-order valence-corrected chi connectivity index (χ1v) is 15.0. The number of halogens is 1. The fraction of sp³-hybridized carbons (Fsp3) is 0.265. The zero-order valence-corrected chi connectivity index (χ0v) is 25.9. The van der Waals surface area contributed by atoms with Crippen LogP contribution in [0.25, 0.3) is 0 Å². The van der Waals surface area contributed by atoms with Crippen LogP contribution in [0.1, 0.15) is 65.3 Å². The van der Waals surface area contributed by atoms with Gasteiger partial charge in [-0.05, 0) is 84.6 Å². The van der Waals surface area contributed by atoms with Crippen molar-refractivity contribution in [2.24, 2.45) is 5.92 Å². The molecule has 0 aliphatic rings. The van der Waals surface area contributed by atoms with E-state index < -0.39 is 17.7 Å². The number of aromatic nitrogens is 2. The summed E-state index contributed by atoms with van der Waals surface area (Å²) >= 11 is 5.70. The highest BCUT2D eigenvalue weighted by atomic mass is 32.1. The monoisotopic (exact) mass is 626 g/mol. The van der Waals surface area contributed by atoms with Crippen molar-refractivity contribution >= 4 is 34.9 Å². The Kier molecular flexibility index (Phi) is 11.5. The van der Waals surface area contributed by atoms with Gasteiger partial charge in [0.2, 0.25) is 0 Å². The number of imidazole rings is 1. The number of hydrogen-bond acceptors (Lipinski definition) is 6. The number of anilines is 1. The van der Waals surface area contributed by atoms with E-state index in [1.807, 2.05) is 16.7 Å². The average molecular weight is 627 g/mol. The average Bonchev–Trinajstić information content (AvgIpc) is 3.49. The summed E-state index contributed by atoms with van der Waals surface area (Å²) in [6.45, 7) is 5.10. The van der Waals surface area contributed by atoms with Crippen molar-refractivity contribution < 1.29 is 19.1 Å². The number of benzene rings is 3. The molecule has 0 aliphatic carbocycles. The Hall–Kier alpha value is -4.92. The molecule has 4 rings (SSSR count). The summed E-state index contributed by atoms with van der Waals surface area (Å²) in [6, 6.07) is 21.5. The number of hydrazine groups is 1. The molecule has 0 fully saturated rings. The van der Waals surface area contributed by atoms with Crippen molar-refractivity contribution in [3.63, 3.8) is 0 Å². The van der Waals surface area contributed by atoms with Crippen LogP contribution < -0.4 is 10.7 Å². The van der Waals surface area contributed by atoms with Crippen molar-refractivity contribution in [1.82, 2.24) is 20.0 Å². The normalized spacial score (nSPS) is 12.1. The predicted octanol–water partition coefficient (Wildman–Crippen LogP) is 6.13. The van der Waals surface area contributed by atoms with Crippen molar-refractivity contribution in [2.75, 3.05) is 11.9 Å². The third-order valence-corrected chi connectivity index (χ3v) is 7.86. The molecule has 1 aromatic heterocycles. The first-order valence-electron chi connectivity index (χ1n) is 14.6. The van der Waals surface area contributed by atoms with Gasteiger partial charge in [-0.1, -0.05) is 50.6 Å². The van der Waals surface area contributed by atoms with Gasteiger partial charge < -0.3 is 15.0 Å². The lowest BCUT2D eigenvalue weighted by atomic mass is 9.94. The molecule has 0 saturated carbocycles. The summed E-state index contributed by atoms with van der Waals surface area (Å²) in [5, 5.41) is 22.9. The van der Waals surface area contributed by atoms with E-state index in [0.717, 1.165) is 24.0 Å². The molecule has 0 radical (unpaired) electrons. The van der Waals surface area contributed by atoms with Crippen LogP contribution in [0.4, 0.5) is 10.1 Å². The first-order chi connectivity index (χ1) is 21.7. The van der Waals surface area contributed by atoms with E-state index in [1.165, 1.54) is 29.3 Å². The summed E-state index contributed by atoms with van der Waals surface area (Å²) in [4.78, 5) is 30.4. The Labute approximate surface area is 267 Å². The van der Waals surface area contributed by atoms with Gasteiger partial charge >= 0.3 is 5.97 Å². The number of rotatable bonds is 13. The van der Waals surface area contributed by atoms with Crippen molar-refractivity contribution in [2.45, 2.75) is 45.6 Å². The summed E-state index contributed by atoms with van der Waals surface area (Å²) in [5.41, 5.74) is 6.56. The fourth-order valence-electron chi connectivity index (χ4n) is 4.75. The Balaban J connectivity index is 1.70. The number of nitriles is 1. The Morgan fingerprint density at radius 3 is 2.47 bits per heavy atom. The molecule has 1 unspecified atom stereocenters. The number of amides is 1. The van der Waals surface area contributed by atoms with Gasteiger partial charge in [0.15, 0.2) is 5.11 Å². The molecule has 45 heavy (non-hydrogen) atoms. The van der Waals surface area contributed by atoms with E-state index in [2.05, 4.69) is 35.6 Å². The van der Waals surface area contributed by atoms with E-state index in [9.17, 15) is 24.3 Å². The molecule has 0 aliphatic heterocycles. The first kappa shape index (κ1) is 33.0. The van der Waals surface area contributed by atoms with E-state index in [4.69, 9.17) is 12.2 Å². The van der Waals surface area contributed by atoms with Crippen LogP contribution in [0, 0.1) is 23.1 Å². The van der Waals surface area contributed by atoms with Crippen molar-refractivity contribution in [3.8, 4) is 6.07 Å². The molecule has 0 bridgehead atoms. The lowest BCUT2D eigenvalue weighted by molar-refractivity contribution is -0.131. The molecule has 0 spiro atoms. The van der Waals surface area contributed by atoms with Gasteiger partial charge in [-0.25, -0.2) is 24.6 Å². The molecule has 3 N–H and O–H groups in total. The minimum Gasteiger partial charge on any atom is -0.478 e. The Morgan fingerprint density at radius 2 is 1.82 bits per heavy atom. The standard InChI is InChI=1S/C34H35FN6O3S/c1-3-23(2)15-16-38-41(34(45)39-29-6-4-5-28(35)18-29)32(42)30(17-24-11-13-27(14-12-24)33(43)44)31-20-37-22-40(31)21-26-9-7-25(19-36)8-10-26/h4-14,18,20,22-23,30,38H,3,15-17,21H2,1-2H3,(H,39,45)(H,43,44)/t23-,30?/m0/s1. The number of aromatic carboxylic acids is 1. The zero-order valence-electron chi connectivity index (χ0n) is 25.1. The zero-order chi connectivity index (χ0) is 32.3. The van der Waals surface area contributed by atoms with E-state index in [0.29, 0.717) is 36.0 Å². The lowest BCUT2D eigenvalue weighted by Crippen LogP contribution is -2.51. The molecule has 3 aromatic carbocycles. The van der Waals surface area contributed by atoms with E-state index in [-0.39, 0.29) is 23.0 Å². The minimum atomic E-state index is -1.04. The molecule has 0 saturated heterocycles. The summed E-state index contributed by atoms with van der Waals surface area (Å²) in [5.74, 6) is -2.22. The molecule has 2 atom stereocenters. The number of carboxylic acids is 1. The van der Waals surface area contributed by atoms with Crippen LogP contribution in [-0.2, 0) is 17.8 Å². The quantitative estimate of drug-likeness (QED) is 0.120. The number of carbonyl (C=O) groups excluding carboxylic acids is 1. The summed E-state index contributed by atoms with van der Waals surface area (Å²) in [6.07, 6.45) is 5.28. The van der Waals surface area contributed by atoms with Crippen LogP contribution in [0.5, 0.6) is 0 Å². The molecule has 11 heteroatoms. The van der Waals surface area contributed by atoms with Crippen LogP contribution in [-0.4, -0.2) is 43.2 Å². The van der Waals surface area contributed by atoms with Crippen LogP contribution in [0.2, 0.25) is 0 Å². The number of carboxylic acid groups (broad SMARTS) is 1. The molecular formula is C34H35FN6O3S. The smallest absolute Gasteiger partial charge is 0.335 e. The topological polar surface area (TPSA) is 123 Å². The molecule has 232 valence electrons. The highest BCUT2D eigenvalue weighted by Crippen LogP contribution is 2.25. The maximum absolute atomic E-state index is 14.5. The fourth-order valence-corrected chi connectivity index (χ4v) is 5.02. The maximum atomic E-state index is 14.5. The number of hydrogen-bond donors (Lipinski definition) is 3. The number of carbonyl (C=O) groups is 2. The molecule has 4 aromatic rings. The highest BCUT2D eigenvalue weighted by molar-refractivity contribution is 7.80. The van der Waals surface area contributed by atoms with Gasteiger partial charge in [-0.3, -0.25) is 4.79 Å². The third kappa shape index (κ3) is 9.04. The van der Waals surface area contributed by atoms with Gasteiger partial charge in [-0.15, -0.1) is 0 Å². The van der Waals surface area contributed by atoms with Gasteiger partial charge in [0.25, 0.3) is 5.91 Å².